The number of aromatic hydroxyl groups is 1. The molecular weight excluding hydrogens is 240 g/mol. The van der Waals surface area contributed by atoms with E-state index in [1.165, 1.54) is 5.56 Å². The molecule has 0 saturated carbocycles. The highest BCUT2D eigenvalue weighted by atomic mass is 16.3. The van der Waals surface area contributed by atoms with Gasteiger partial charge in [0.05, 0.1) is 6.04 Å². The second-order valence-electron chi connectivity index (χ2n) is 5.45. The second-order valence-corrected chi connectivity index (χ2v) is 5.45. The molecule has 104 valence electrons. The molecule has 19 heavy (non-hydrogen) atoms. The van der Waals surface area contributed by atoms with Crippen LogP contribution in [0.1, 0.15) is 36.9 Å². The average Bonchev–Trinajstić information content (AvgIpc) is 2.38. The van der Waals surface area contributed by atoms with E-state index in [1.54, 1.807) is 25.1 Å². The number of nitrogens with one attached hydrogen (secondary N) is 1. The molecule has 0 heterocycles. The normalized spacial score (nSPS) is 19.6. The van der Waals surface area contributed by atoms with Crippen molar-refractivity contribution in [3.05, 3.63) is 29.3 Å². The standard InChI is InChI=1S/C15H22N2O2/c1-10(15(19)17(2)3)16-14-6-4-5-11-7-8-12(18)9-13(11)14/h7-10,14,16,18H,4-6H2,1-3H3. The highest BCUT2D eigenvalue weighted by molar-refractivity contribution is 5.81. The van der Waals surface area contributed by atoms with E-state index in [1.807, 2.05) is 19.1 Å². The van der Waals surface area contributed by atoms with Crippen LogP contribution in [-0.2, 0) is 11.2 Å². The maximum Gasteiger partial charge on any atom is 0.238 e. The number of rotatable bonds is 3. The van der Waals surface area contributed by atoms with Gasteiger partial charge in [-0.15, -0.1) is 0 Å². The fourth-order valence-corrected chi connectivity index (χ4v) is 2.72. The van der Waals surface area contributed by atoms with E-state index >= 15 is 0 Å². The first-order chi connectivity index (χ1) is 8.99. The predicted octanol–water partition coefficient (Wildman–Crippen LogP) is 1.84. The zero-order valence-electron chi connectivity index (χ0n) is 11.8. The molecule has 1 aliphatic rings. The first-order valence-electron chi connectivity index (χ1n) is 6.78. The fraction of sp³-hybridized carbons (Fsp3) is 0.533. The van der Waals surface area contributed by atoms with Gasteiger partial charge in [-0.25, -0.2) is 0 Å². The molecule has 2 rings (SSSR count). The molecule has 0 radical (unpaired) electrons. The lowest BCUT2D eigenvalue weighted by molar-refractivity contribution is -0.130. The van der Waals surface area contributed by atoms with Crippen molar-refractivity contribution < 1.29 is 9.90 Å². The van der Waals surface area contributed by atoms with Gasteiger partial charge < -0.3 is 10.0 Å². The monoisotopic (exact) mass is 262 g/mol. The fourth-order valence-electron chi connectivity index (χ4n) is 2.72. The first kappa shape index (κ1) is 13.9. The van der Waals surface area contributed by atoms with E-state index in [-0.39, 0.29) is 18.0 Å². The zero-order chi connectivity index (χ0) is 14.0. The average molecular weight is 262 g/mol. The number of hydrogen-bond acceptors (Lipinski definition) is 3. The van der Waals surface area contributed by atoms with Crippen molar-refractivity contribution in [2.45, 2.75) is 38.3 Å². The van der Waals surface area contributed by atoms with Crippen molar-refractivity contribution in [2.24, 2.45) is 0 Å². The van der Waals surface area contributed by atoms with Crippen LogP contribution in [0.5, 0.6) is 5.75 Å². The van der Waals surface area contributed by atoms with Crippen molar-refractivity contribution in [3.63, 3.8) is 0 Å². The van der Waals surface area contributed by atoms with Crippen LogP contribution in [0.2, 0.25) is 0 Å². The summed E-state index contributed by atoms with van der Waals surface area (Å²) in [4.78, 5) is 13.5. The van der Waals surface area contributed by atoms with E-state index in [4.69, 9.17) is 0 Å². The third-order valence-corrected chi connectivity index (χ3v) is 3.71. The van der Waals surface area contributed by atoms with Gasteiger partial charge in [-0.2, -0.15) is 0 Å². The maximum absolute atomic E-state index is 11.9. The molecule has 4 nitrogen and oxygen atoms in total. The predicted molar refractivity (Wildman–Crippen MR) is 75.1 cm³/mol. The lowest BCUT2D eigenvalue weighted by atomic mass is 9.87. The van der Waals surface area contributed by atoms with Crippen LogP contribution in [0.3, 0.4) is 0 Å². The van der Waals surface area contributed by atoms with E-state index < -0.39 is 0 Å². The summed E-state index contributed by atoms with van der Waals surface area (Å²) in [7, 11) is 3.53. The Bertz CT molecular complexity index is 471. The van der Waals surface area contributed by atoms with Gasteiger partial charge in [0.2, 0.25) is 5.91 Å². The van der Waals surface area contributed by atoms with Crippen LogP contribution in [0.25, 0.3) is 0 Å². The molecule has 1 amide bonds. The van der Waals surface area contributed by atoms with Gasteiger partial charge >= 0.3 is 0 Å². The van der Waals surface area contributed by atoms with Crippen LogP contribution < -0.4 is 5.32 Å². The summed E-state index contributed by atoms with van der Waals surface area (Å²) < 4.78 is 0. The van der Waals surface area contributed by atoms with Gasteiger partial charge in [0.15, 0.2) is 0 Å². The molecule has 2 N–H and O–H groups in total. The van der Waals surface area contributed by atoms with E-state index in [0.29, 0.717) is 5.75 Å². The number of benzene rings is 1. The minimum absolute atomic E-state index is 0.0762. The second kappa shape index (κ2) is 5.61. The molecule has 0 fully saturated rings. The summed E-state index contributed by atoms with van der Waals surface area (Å²) in [6.45, 7) is 1.89. The van der Waals surface area contributed by atoms with Gasteiger partial charge in [0.25, 0.3) is 0 Å². The molecule has 0 aliphatic heterocycles. The Kier molecular flexibility index (Phi) is 4.10. The number of carbonyl (C=O) groups is 1. The minimum Gasteiger partial charge on any atom is -0.508 e. The molecule has 4 heteroatoms. The van der Waals surface area contributed by atoms with Crippen LogP contribution in [0.15, 0.2) is 18.2 Å². The zero-order valence-corrected chi connectivity index (χ0v) is 11.8. The summed E-state index contributed by atoms with van der Waals surface area (Å²) in [5, 5.41) is 13.0. The summed E-state index contributed by atoms with van der Waals surface area (Å²) in [6, 6.07) is 5.47. The third kappa shape index (κ3) is 3.07. The van der Waals surface area contributed by atoms with Gasteiger partial charge in [-0.1, -0.05) is 6.07 Å². The number of phenolic OH excluding ortho intramolecular Hbond substituents is 1. The number of nitrogens with zero attached hydrogens (tertiary/aromatic N) is 1. The number of carbonyl (C=O) groups excluding carboxylic acids is 1. The molecular formula is C15H22N2O2. The molecule has 1 aromatic carbocycles. The van der Waals surface area contributed by atoms with Crippen LogP contribution in [-0.4, -0.2) is 36.1 Å². The molecule has 0 saturated heterocycles. The van der Waals surface area contributed by atoms with Gasteiger partial charge in [-0.05, 0) is 49.4 Å². The topological polar surface area (TPSA) is 52.6 Å². The van der Waals surface area contributed by atoms with Crippen molar-refractivity contribution in [1.29, 1.82) is 0 Å². The number of aryl methyl sites for hydroxylation is 1. The van der Waals surface area contributed by atoms with Crippen LogP contribution in [0.4, 0.5) is 0 Å². The largest absolute Gasteiger partial charge is 0.508 e. The number of amides is 1. The molecule has 1 aliphatic carbocycles. The number of hydrogen-bond donors (Lipinski definition) is 2. The van der Waals surface area contributed by atoms with Crippen LogP contribution in [0, 0.1) is 0 Å². The lowest BCUT2D eigenvalue weighted by Gasteiger charge is -2.29. The van der Waals surface area contributed by atoms with Gasteiger partial charge in [0.1, 0.15) is 5.75 Å². The molecule has 0 spiro atoms. The Morgan fingerprint density at radius 2 is 2.21 bits per heavy atom. The third-order valence-electron chi connectivity index (χ3n) is 3.71. The lowest BCUT2D eigenvalue weighted by Crippen LogP contribution is -2.43. The number of fused-ring (bicyclic) bond motifs is 1. The van der Waals surface area contributed by atoms with Crippen molar-refractivity contribution >= 4 is 5.91 Å². The first-order valence-corrected chi connectivity index (χ1v) is 6.78. The van der Waals surface area contributed by atoms with Crippen molar-refractivity contribution in [1.82, 2.24) is 10.2 Å². The Hall–Kier alpha value is -1.55. The van der Waals surface area contributed by atoms with E-state index in [2.05, 4.69) is 5.32 Å². The Balaban J connectivity index is 2.15. The minimum atomic E-state index is -0.215. The Morgan fingerprint density at radius 3 is 2.89 bits per heavy atom. The number of phenols is 1. The SMILES string of the molecule is CC(NC1CCCc2ccc(O)cc21)C(=O)N(C)C. The summed E-state index contributed by atoms with van der Waals surface area (Å²) >= 11 is 0. The highest BCUT2D eigenvalue weighted by Crippen LogP contribution is 2.32. The van der Waals surface area contributed by atoms with E-state index in [9.17, 15) is 9.90 Å². The quantitative estimate of drug-likeness (QED) is 0.874. The summed E-state index contributed by atoms with van der Waals surface area (Å²) in [5.74, 6) is 0.367. The number of likely N-dealkylation sites (N-methyl/N-ethyl adjacent to an activating group) is 1. The summed E-state index contributed by atoms with van der Waals surface area (Å²) in [6.07, 6.45) is 3.16. The Morgan fingerprint density at radius 1 is 1.47 bits per heavy atom. The molecule has 2 unspecified atom stereocenters. The smallest absolute Gasteiger partial charge is 0.238 e. The summed E-state index contributed by atoms with van der Waals surface area (Å²) in [5.41, 5.74) is 2.40. The van der Waals surface area contributed by atoms with Crippen molar-refractivity contribution in [3.8, 4) is 5.75 Å². The van der Waals surface area contributed by atoms with E-state index in [0.717, 1.165) is 24.8 Å². The highest BCUT2D eigenvalue weighted by Gasteiger charge is 2.24. The van der Waals surface area contributed by atoms with Gasteiger partial charge in [-0.3, -0.25) is 10.1 Å². The Labute approximate surface area is 114 Å². The maximum atomic E-state index is 11.9. The molecule has 1 aromatic rings. The van der Waals surface area contributed by atoms with Crippen LogP contribution >= 0.6 is 0 Å². The van der Waals surface area contributed by atoms with Crippen molar-refractivity contribution in [2.75, 3.05) is 14.1 Å². The van der Waals surface area contributed by atoms with Gasteiger partial charge in [0, 0.05) is 20.1 Å². The molecule has 0 bridgehead atoms. The molecule has 2 atom stereocenters. The molecule has 0 aromatic heterocycles.